The summed E-state index contributed by atoms with van der Waals surface area (Å²) in [6.07, 6.45) is 3.39. The molecule has 0 bridgehead atoms. The predicted octanol–water partition coefficient (Wildman–Crippen LogP) is 3.92. The van der Waals surface area contributed by atoms with Gasteiger partial charge in [0.15, 0.2) is 17.3 Å². The summed E-state index contributed by atoms with van der Waals surface area (Å²) in [5, 5.41) is 0. The van der Waals surface area contributed by atoms with Crippen LogP contribution in [0, 0.1) is 0 Å². The van der Waals surface area contributed by atoms with Crippen LogP contribution in [-0.2, 0) is 4.79 Å². The molecule has 0 amide bonds. The average Bonchev–Trinajstić information content (AvgIpc) is 2.66. The second-order valence-corrected chi connectivity index (χ2v) is 5.17. The third-order valence-electron chi connectivity index (χ3n) is 3.54. The van der Waals surface area contributed by atoms with Crippen LogP contribution >= 0.6 is 0 Å². The molecular formula is C20H20O5. The summed E-state index contributed by atoms with van der Waals surface area (Å²) in [6.45, 7) is 1.80. The van der Waals surface area contributed by atoms with Gasteiger partial charge in [0.05, 0.1) is 14.2 Å². The van der Waals surface area contributed by atoms with E-state index >= 15 is 0 Å². The summed E-state index contributed by atoms with van der Waals surface area (Å²) >= 11 is 0. The maximum Gasteiger partial charge on any atom is 0.336 e. The smallest absolute Gasteiger partial charge is 0.336 e. The summed E-state index contributed by atoms with van der Waals surface area (Å²) in [5.41, 5.74) is 1.38. The molecule has 2 aromatic rings. The van der Waals surface area contributed by atoms with Crippen molar-refractivity contribution in [2.24, 2.45) is 0 Å². The fourth-order valence-electron chi connectivity index (χ4n) is 2.18. The molecule has 0 aliphatic carbocycles. The molecule has 0 spiro atoms. The quantitative estimate of drug-likeness (QED) is 0.331. The highest BCUT2D eigenvalue weighted by Gasteiger charge is 2.06. The molecule has 0 unspecified atom stereocenters. The standard InChI is InChI=1S/C20H20O5/c1-4-17(21)15-7-9-16(10-8-15)25-20(22)12-6-14-5-11-18(23-2)19(13-14)24-3/h5-13H,4H2,1-3H3/b12-6+. The van der Waals surface area contributed by atoms with Crippen molar-refractivity contribution in [2.45, 2.75) is 13.3 Å². The molecule has 0 saturated heterocycles. The Balaban J connectivity index is 2.02. The average molecular weight is 340 g/mol. The maximum atomic E-state index is 11.9. The highest BCUT2D eigenvalue weighted by molar-refractivity contribution is 5.96. The van der Waals surface area contributed by atoms with Gasteiger partial charge < -0.3 is 14.2 Å². The molecule has 0 radical (unpaired) electrons. The number of hydrogen-bond acceptors (Lipinski definition) is 5. The molecule has 25 heavy (non-hydrogen) atoms. The van der Waals surface area contributed by atoms with Crippen LogP contribution in [0.25, 0.3) is 6.08 Å². The molecule has 5 heteroatoms. The molecule has 0 aliphatic heterocycles. The second-order valence-electron chi connectivity index (χ2n) is 5.17. The van der Waals surface area contributed by atoms with Gasteiger partial charge in [-0.2, -0.15) is 0 Å². The number of benzene rings is 2. The van der Waals surface area contributed by atoms with Crippen molar-refractivity contribution in [3.63, 3.8) is 0 Å². The number of carbonyl (C=O) groups is 2. The van der Waals surface area contributed by atoms with Gasteiger partial charge in [-0.25, -0.2) is 4.79 Å². The normalized spacial score (nSPS) is 10.5. The van der Waals surface area contributed by atoms with E-state index in [-0.39, 0.29) is 5.78 Å². The Labute approximate surface area is 146 Å². The van der Waals surface area contributed by atoms with Crippen LogP contribution in [0.4, 0.5) is 0 Å². The number of esters is 1. The van der Waals surface area contributed by atoms with Gasteiger partial charge in [0.25, 0.3) is 0 Å². The number of Topliss-reactive ketones (excluding diaryl/α,β-unsaturated/α-hetero) is 1. The van der Waals surface area contributed by atoms with E-state index in [1.165, 1.54) is 6.08 Å². The van der Waals surface area contributed by atoms with Crippen molar-refractivity contribution in [3.8, 4) is 17.2 Å². The molecule has 0 saturated carbocycles. The Bertz CT molecular complexity index is 775. The van der Waals surface area contributed by atoms with Gasteiger partial charge in [-0.3, -0.25) is 4.79 Å². The number of rotatable bonds is 7. The first kappa shape index (κ1) is 18.3. The van der Waals surface area contributed by atoms with Crippen LogP contribution in [-0.4, -0.2) is 26.0 Å². The van der Waals surface area contributed by atoms with Crippen molar-refractivity contribution in [1.82, 2.24) is 0 Å². The van der Waals surface area contributed by atoms with E-state index in [0.717, 1.165) is 5.56 Å². The fraction of sp³-hybridized carbons (Fsp3) is 0.200. The summed E-state index contributed by atoms with van der Waals surface area (Å²) in [4.78, 5) is 23.5. The summed E-state index contributed by atoms with van der Waals surface area (Å²) < 4.78 is 15.6. The van der Waals surface area contributed by atoms with E-state index < -0.39 is 5.97 Å². The lowest BCUT2D eigenvalue weighted by molar-refractivity contribution is -0.128. The minimum Gasteiger partial charge on any atom is -0.493 e. The SMILES string of the molecule is CCC(=O)c1ccc(OC(=O)/C=C/c2ccc(OC)c(OC)c2)cc1. The third kappa shape index (κ3) is 4.94. The van der Waals surface area contributed by atoms with Gasteiger partial charge in [-0.05, 0) is 48.0 Å². The van der Waals surface area contributed by atoms with Crippen LogP contribution in [0.2, 0.25) is 0 Å². The monoisotopic (exact) mass is 340 g/mol. The lowest BCUT2D eigenvalue weighted by atomic mass is 10.1. The topological polar surface area (TPSA) is 61.8 Å². The van der Waals surface area contributed by atoms with Gasteiger partial charge in [0, 0.05) is 18.1 Å². The molecule has 0 atom stereocenters. The zero-order chi connectivity index (χ0) is 18.2. The van der Waals surface area contributed by atoms with Crippen LogP contribution < -0.4 is 14.2 Å². The maximum absolute atomic E-state index is 11.9. The molecule has 130 valence electrons. The highest BCUT2D eigenvalue weighted by Crippen LogP contribution is 2.28. The van der Waals surface area contributed by atoms with Crippen molar-refractivity contribution < 1.29 is 23.8 Å². The lowest BCUT2D eigenvalue weighted by Crippen LogP contribution is -2.04. The van der Waals surface area contributed by atoms with Crippen molar-refractivity contribution in [2.75, 3.05) is 14.2 Å². The van der Waals surface area contributed by atoms with Crippen molar-refractivity contribution in [1.29, 1.82) is 0 Å². The number of methoxy groups -OCH3 is 2. The zero-order valence-corrected chi connectivity index (χ0v) is 14.4. The Morgan fingerprint density at radius 3 is 2.24 bits per heavy atom. The first-order valence-corrected chi connectivity index (χ1v) is 7.82. The molecule has 0 aromatic heterocycles. The van der Waals surface area contributed by atoms with Gasteiger partial charge >= 0.3 is 5.97 Å². The second kappa shape index (κ2) is 8.68. The van der Waals surface area contributed by atoms with E-state index in [1.807, 2.05) is 0 Å². The predicted molar refractivity (Wildman–Crippen MR) is 95.3 cm³/mol. The van der Waals surface area contributed by atoms with Gasteiger partial charge in [-0.1, -0.05) is 13.0 Å². The van der Waals surface area contributed by atoms with Crippen LogP contribution in [0.3, 0.4) is 0 Å². The molecule has 2 rings (SSSR count). The molecule has 0 aliphatic rings. The number of ether oxygens (including phenoxy) is 3. The van der Waals surface area contributed by atoms with Crippen LogP contribution in [0.1, 0.15) is 29.3 Å². The first-order chi connectivity index (χ1) is 12.1. The van der Waals surface area contributed by atoms with Gasteiger partial charge in [0.1, 0.15) is 5.75 Å². The molecule has 0 heterocycles. The fourth-order valence-corrected chi connectivity index (χ4v) is 2.18. The minimum atomic E-state index is -0.510. The molecule has 2 aromatic carbocycles. The van der Waals surface area contributed by atoms with Gasteiger partial charge in [-0.15, -0.1) is 0 Å². The Kier molecular flexibility index (Phi) is 6.34. The number of carbonyl (C=O) groups excluding carboxylic acids is 2. The van der Waals surface area contributed by atoms with Crippen molar-refractivity contribution >= 4 is 17.8 Å². The minimum absolute atomic E-state index is 0.0474. The van der Waals surface area contributed by atoms with Crippen LogP contribution in [0.15, 0.2) is 48.5 Å². The van der Waals surface area contributed by atoms with E-state index in [2.05, 4.69) is 0 Å². The molecule has 0 N–H and O–H groups in total. The number of ketones is 1. The molecule has 5 nitrogen and oxygen atoms in total. The van der Waals surface area contributed by atoms with Crippen molar-refractivity contribution in [3.05, 3.63) is 59.7 Å². The Morgan fingerprint density at radius 2 is 1.64 bits per heavy atom. The highest BCUT2D eigenvalue weighted by atomic mass is 16.5. The Hall–Kier alpha value is -3.08. The largest absolute Gasteiger partial charge is 0.493 e. The summed E-state index contributed by atoms with van der Waals surface area (Å²) in [6, 6.07) is 11.8. The van der Waals surface area contributed by atoms with E-state index in [0.29, 0.717) is 29.2 Å². The molecular weight excluding hydrogens is 320 g/mol. The Morgan fingerprint density at radius 1 is 0.960 bits per heavy atom. The first-order valence-electron chi connectivity index (χ1n) is 7.82. The van der Waals surface area contributed by atoms with Gasteiger partial charge in [0.2, 0.25) is 0 Å². The summed E-state index contributed by atoms with van der Waals surface area (Å²) in [5.74, 6) is 1.11. The van der Waals surface area contributed by atoms with Crippen LogP contribution in [0.5, 0.6) is 17.2 Å². The molecule has 0 fully saturated rings. The number of hydrogen-bond donors (Lipinski definition) is 0. The lowest BCUT2D eigenvalue weighted by Gasteiger charge is -2.07. The van der Waals surface area contributed by atoms with E-state index in [1.54, 1.807) is 69.7 Å². The summed E-state index contributed by atoms with van der Waals surface area (Å²) in [7, 11) is 3.11. The van der Waals surface area contributed by atoms with E-state index in [9.17, 15) is 9.59 Å². The van der Waals surface area contributed by atoms with E-state index in [4.69, 9.17) is 14.2 Å². The zero-order valence-electron chi connectivity index (χ0n) is 14.4. The third-order valence-corrected chi connectivity index (χ3v) is 3.54.